The zero-order chi connectivity index (χ0) is 26.5. The van der Waals surface area contributed by atoms with E-state index in [1.54, 1.807) is 18.2 Å². The number of nitrogens with one attached hydrogen (secondary N) is 2. The van der Waals surface area contributed by atoms with Crippen molar-refractivity contribution in [3.8, 4) is 5.75 Å². The lowest BCUT2D eigenvalue weighted by atomic mass is 9.91. The van der Waals surface area contributed by atoms with Crippen LogP contribution in [0.5, 0.6) is 5.75 Å². The predicted molar refractivity (Wildman–Crippen MR) is 132 cm³/mol. The lowest BCUT2D eigenvalue weighted by Crippen LogP contribution is -2.46. The summed E-state index contributed by atoms with van der Waals surface area (Å²) in [6.07, 6.45) is -4.52. The smallest absolute Gasteiger partial charge is 0.402 e. The Balaban J connectivity index is 1.84. The van der Waals surface area contributed by atoms with E-state index in [-0.39, 0.29) is 6.54 Å². The van der Waals surface area contributed by atoms with Gasteiger partial charge in [-0.3, -0.25) is 4.79 Å². The molecule has 1 unspecified atom stereocenters. The van der Waals surface area contributed by atoms with Crippen LogP contribution in [-0.4, -0.2) is 43.8 Å². The Hall–Kier alpha value is -3.11. The molecule has 0 aliphatic carbocycles. The van der Waals surface area contributed by atoms with E-state index in [0.717, 1.165) is 31.6 Å². The van der Waals surface area contributed by atoms with Gasteiger partial charge in [0.25, 0.3) is 0 Å². The minimum Gasteiger partial charge on any atom is -0.494 e. The Morgan fingerprint density at radius 1 is 1.17 bits per heavy atom. The highest BCUT2D eigenvalue weighted by Gasteiger charge is 2.52. The maximum Gasteiger partial charge on any atom is 0.402 e. The minimum absolute atomic E-state index is 0.121. The van der Waals surface area contributed by atoms with Gasteiger partial charge in [-0.15, -0.1) is 0 Å². The average molecular weight is 525 g/mol. The first kappa shape index (κ1) is 27.5. The first-order valence-electron chi connectivity index (χ1n) is 11.3. The molecule has 1 atom stereocenters. The number of carbonyl (C=O) groups is 1. The van der Waals surface area contributed by atoms with Crippen LogP contribution in [0.3, 0.4) is 0 Å². The quantitative estimate of drug-likeness (QED) is 0.480. The van der Waals surface area contributed by atoms with Gasteiger partial charge in [0, 0.05) is 24.8 Å². The van der Waals surface area contributed by atoms with E-state index in [2.05, 4.69) is 20.6 Å². The van der Waals surface area contributed by atoms with Gasteiger partial charge in [-0.25, -0.2) is 9.98 Å². The van der Waals surface area contributed by atoms with Crippen molar-refractivity contribution in [3.05, 3.63) is 64.2 Å². The highest BCUT2D eigenvalue weighted by molar-refractivity contribution is 6.34. The van der Waals surface area contributed by atoms with Crippen LogP contribution < -0.4 is 15.4 Å². The fraction of sp³-hybridized carbons (Fsp3) is 0.400. The van der Waals surface area contributed by atoms with Gasteiger partial charge >= 0.3 is 6.18 Å². The Labute approximate surface area is 212 Å². The zero-order valence-electron chi connectivity index (χ0n) is 20.4. The topological polar surface area (TPSA) is 84.3 Å². The van der Waals surface area contributed by atoms with Crippen molar-refractivity contribution < 1.29 is 27.4 Å². The highest BCUT2D eigenvalue weighted by atomic mass is 35.5. The zero-order valence-corrected chi connectivity index (χ0v) is 21.1. The second-order valence-electron chi connectivity index (χ2n) is 8.64. The molecule has 2 aromatic rings. The molecular formula is C25H28ClF3N4O3. The summed E-state index contributed by atoms with van der Waals surface area (Å²) in [5.74, 6) is 0.375. The van der Waals surface area contributed by atoms with E-state index in [1.807, 2.05) is 31.2 Å². The maximum atomic E-state index is 13.2. The Morgan fingerprint density at radius 2 is 1.86 bits per heavy atom. The molecule has 1 amide bonds. The summed E-state index contributed by atoms with van der Waals surface area (Å²) in [5.41, 5.74) is -0.767. The van der Waals surface area contributed by atoms with Crippen LogP contribution in [0.2, 0.25) is 5.02 Å². The number of aliphatic imine (C=N–C) groups is 2. The van der Waals surface area contributed by atoms with Gasteiger partial charge in [0.05, 0.1) is 11.6 Å². The normalized spacial score (nSPS) is 16.1. The van der Waals surface area contributed by atoms with Crippen molar-refractivity contribution in [2.24, 2.45) is 15.4 Å². The van der Waals surface area contributed by atoms with E-state index in [1.165, 1.54) is 7.11 Å². The Kier molecular flexibility index (Phi) is 8.63. The van der Waals surface area contributed by atoms with Gasteiger partial charge in [-0.05, 0) is 62.2 Å². The molecule has 0 bridgehead atoms. The molecule has 2 aromatic carbocycles. The molecule has 1 aliphatic heterocycles. The van der Waals surface area contributed by atoms with Crippen LogP contribution in [0.25, 0.3) is 0 Å². The van der Waals surface area contributed by atoms with E-state index in [4.69, 9.17) is 21.1 Å². The molecular weight excluding hydrogens is 497 g/mol. The minimum atomic E-state index is -4.67. The van der Waals surface area contributed by atoms with Crippen molar-refractivity contribution in [3.63, 3.8) is 0 Å². The number of amides is 1. The van der Waals surface area contributed by atoms with Crippen molar-refractivity contribution >= 4 is 29.2 Å². The van der Waals surface area contributed by atoms with E-state index in [0.29, 0.717) is 34.4 Å². The summed E-state index contributed by atoms with van der Waals surface area (Å²) in [6, 6.07) is 12.2. The molecule has 0 spiro atoms. The van der Waals surface area contributed by atoms with E-state index < -0.39 is 23.9 Å². The van der Waals surface area contributed by atoms with E-state index >= 15 is 0 Å². The first-order valence-corrected chi connectivity index (χ1v) is 11.7. The molecule has 0 fully saturated rings. The molecule has 7 nitrogen and oxygen atoms in total. The summed E-state index contributed by atoms with van der Waals surface area (Å²) < 4.78 is 50.5. The molecule has 3 rings (SSSR count). The molecule has 0 saturated carbocycles. The predicted octanol–water partition coefficient (Wildman–Crippen LogP) is 5.06. The monoisotopic (exact) mass is 524 g/mol. The summed E-state index contributed by atoms with van der Waals surface area (Å²) in [7, 11) is 1.49. The molecule has 0 radical (unpaired) electrons. The lowest BCUT2D eigenvalue weighted by Gasteiger charge is -2.26. The standard InChI is InChI=1S/C25H28ClF3N4O3/c1-5-12-36-17-9-7-16(8-10-17)20-31-21(33-23(32-20)35-4)18-13-15(6-11-19(18)26)14-30-22(34)24(2,3)25(27,28)29/h6-11,13,23H,5,12,14H2,1-4H3,(H,30,34)(H,31,32,33). The summed E-state index contributed by atoms with van der Waals surface area (Å²) in [6.45, 7) is 4.19. The number of nitrogens with zero attached hydrogens (tertiary/aromatic N) is 2. The van der Waals surface area contributed by atoms with Crippen LogP contribution in [0, 0.1) is 5.41 Å². The van der Waals surface area contributed by atoms with Gasteiger partial charge < -0.3 is 20.1 Å². The van der Waals surface area contributed by atoms with Crippen LogP contribution in [-0.2, 0) is 16.1 Å². The molecule has 1 heterocycles. The fourth-order valence-corrected chi connectivity index (χ4v) is 3.34. The van der Waals surface area contributed by atoms with Gasteiger partial charge in [-0.1, -0.05) is 24.6 Å². The second-order valence-corrected chi connectivity index (χ2v) is 9.05. The third-order valence-electron chi connectivity index (χ3n) is 5.54. The molecule has 0 aromatic heterocycles. The second kappa shape index (κ2) is 11.3. The highest BCUT2D eigenvalue weighted by Crippen LogP contribution is 2.37. The van der Waals surface area contributed by atoms with E-state index in [9.17, 15) is 18.0 Å². The lowest BCUT2D eigenvalue weighted by molar-refractivity contribution is -0.211. The number of ether oxygens (including phenoxy) is 2. The van der Waals surface area contributed by atoms with Crippen molar-refractivity contribution in [1.82, 2.24) is 10.6 Å². The van der Waals surface area contributed by atoms with Gasteiger partial charge in [-0.2, -0.15) is 13.2 Å². The number of methoxy groups -OCH3 is 1. The first-order chi connectivity index (χ1) is 17.0. The van der Waals surface area contributed by atoms with Gasteiger partial charge in [0.15, 0.2) is 5.84 Å². The average Bonchev–Trinajstić information content (AvgIpc) is 2.86. The number of alkyl halides is 3. The number of halogens is 4. The molecule has 1 aliphatic rings. The van der Waals surface area contributed by atoms with Crippen molar-refractivity contribution in [1.29, 1.82) is 0 Å². The fourth-order valence-electron chi connectivity index (χ4n) is 3.13. The number of amidine groups is 2. The molecule has 36 heavy (non-hydrogen) atoms. The summed E-state index contributed by atoms with van der Waals surface area (Å²) in [5, 5.41) is 5.73. The summed E-state index contributed by atoms with van der Waals surface area (Å²) >= 11 is 6.42. The van der Waals surface area contributed by atoms with Crippen LogP contribution in [0.15, 0.2) is 52.4 Å². The number of benzene rings is 2. The van der Waals surface area contributed by atoms with Crippen LogP contribution >= 0.6 is 11.6 Å². The number of hydrogen-bond acceptors (Lipinski definition) is 6. The molecule has 194 valence electrons. The molecule has 11 heteroatoms. The van der Waals surface area contributed by atoms with Crippen LogP contribution in [0.4, 0.5) is 13.2 Å². The third-order valence-corrected chi connectivity index (χ3v) is 5.87. The SMILES string of the molecule is CCCOc1ccc(C2=NC(OC)NC(c3cc(CNC(=O)C(C)(C)C(F)(F)F)ccc3Cl)=N2)cc1. The summed E-state index contributed by atoms with van der Waals surface area (Å²) in [4.78, 5) is 21.2. The molecule has 0 saturated heterocycles. The van der Waals surface area contributed by atoms with Crippen molar-refractivity contribution in [2.75, 3.05) is 13.7 Å². The Bertz CT molecular complexity index is 1150. The largest absolute Gasteiger partial charge is 0.494 e. The number of rotatable bonds is 9. The Morgan fingerprint density at radius 3 is 2.47 bits per heavy atom. The molecule has 2 N–H and O–H groups in total. The number of carbonyl (C=O) groups excluding carboxylic acids is 1. The van der Waals surface area contributed by atoms with Crippen LogP contribution in [0.1, 0.15) is 43.9 Å². The van der Waals surface area contributed by atoms with Gasteiger partial charge in [0.2, 0.25) is 12.3 Å². The van der Waals surface area contributed by atoms with Gasteiger partial charge in [0.1, 0.15) is 17.0 Å². The third kappa shape index (κ3) is 6.36. The van der Waals surface area contributed by atoms with Crippen molar-refractivity contribution in [2.45, 2.75) is 46.3 Å². The maximum absolute atomic E-state index is 13.2. The number of hydrogen-bond donors (Lipinski definition) is 2.